The van der Waals surface area contributed by atoms with Gasteiger partial charge in [0.15, 0.2) is 17.7 Å². The molecule has 0 aliphatic carbocycles. The zero-order valence-corrected chi connectivity index (χ0v) is 17.7. The molecule has 3 aliphatic heterocycles. The Hall–Kier alpha value is -3.26. The Morgan fingerprint density at radius 3 is 2.97 bits per heavy atom. The highest BCUT2D eigenvalue weighted by Crippen LogP contribution is 2.24. The van der Waals surface area contributed by atoms with Crippen LogP contribution in [0, 0.1) is 11.8 Å². The molecule has 4 rings (SSSR count). The van der Waals surface area contributed by atoms with Crippen molar-refractivity contribution in [1.82, 2.24) is 4.90 Å². The monoisotopic (exact) mass is 425 g/mol. The summed E-state index contributed by atoms with van der Waals surface area (Å²) in [4.78, 5) is 22.5. The third-order valence-electron chi connectivity index (χ3n) is 4.77. The first kappa shape index (κ1) is 21.0. The molecular formula is C21H25N6O4+. The maximum absolute atomic E-state index is 12.4. The van der Waals surface area contributed by atoms with Crippen LogP contribution in [-0.4, -0.2) is 63.0 Å². The van der Waals surface area contributed by atoms with Crippen LogP contribution in [0.15, 0.2) is 49.8 Å². The molecule has 10 heteroatoms. The number of rotatable bonds is 1. The van der Waals surface area contributed by atoms with E-state index in [9.17, 15) is 9.90 Å². The van der Waals surface area contributed by atoms with Crippen LogP contribution in [0.1, 0.15) is 39.4 Å². The van der Waals surface area contributed by atoms with Gasteiger partial charge >= 0.3 is 6.09 Å². The molecule has 3 N–H and O–H groups in total. The molecule has 1 fully saturated rings. The Kier molecular flexibility index (Phi) is 5.05. The van der Waals surface area contributed by atoms with Crippen molar-refractivity contribution in [3.63, 3.8) is 0 Å². The number of hydrogen-bond acceptors (Lipinski definition) is 8. The van der Waals surface area contributed by atoms with E-state index in [1.807, 2.05) is 0 Å². The van der Waals surface area contributed by atoms with E-state index in [1.54, 1.807) is 39.1 Å². The SMILES string of the molecule is CC(C)(C)OC(=O)N1CCCC(O)(C#CC2=C[N+]3(N)N=C(c4ccco4)N=C3C=N2)C1. The number of nitrogens with zero attached hydrogens (tertiary/aromatic N) is 5. The molecule has 1 aromatic rings. The van der Waals surface area contributed by atoms with Gasteiger partial charge in [0.05, 0.1) is 12.8 Å². The molecule has 1 saturated heterocycles. The van der Waals surface area contributed by atoms with Crippen LogP contribution >= 0.6 is 0 Å². The number of fused-ring (bicyclic) bond motifs is 1. The van der Waals surface area contributed by atoms with Crippen molar-refractivity contribution in [2.75, 3.05) is 13.1 Å². The second-order valence-corrected chi connectivity index (χ2v) is 8.67. The smallest absolute Gasteiger partial charge is 0.410 e. The molecular weight excluding hydrogens is 400 g/mol. The van der Waals surface area contributed by atoms with Crippen LogP contribution in [0.4, 0.5) is 4.79 Å². The highest BCUT2D eigenvalue weighted by atomic mass is 16.6. The van der Waals surface area contributed by atoms with E-state index in [-0.39, 0.29) is 6.54 Å². The zero-order valence-electron chi connectivity index (χ0n) is 17.7. The van der Waals surface area contributed by atoms with Crippen molar-refractivity contribution in [2.24, 2.45) is 20.9 Å². The van der Waals surface area contributed by atoms with E-state index in [1.165, 1.54) is 17.4 Å². The first-order valence-electron chi connectivity index (χ1n) is 9.96. The van der Waals surface area contributed by atoms with Gasteiger partial charge in [0.2, 0.25) is 0 Å². The van der Waals surface area contributed by atoms with Crippen molar-refractivity contribution in [3.05, 3.63) is 36.1 Å². The second-order valence-electron chi connectivity index (χ2n) is 8.67. The van der Waals surface area contributed by atoms with E-state index in [4.69, 9.17) is 15.0 Å². The van der Waals surface area contributed by atoms with Gasteiger partial charge < -0.3 is 19.2 Å². The molecule has 0 bridgehead atoms. The molecule has 2 atom stereocenters. The lowest BCUT2D eigenvalue weighted by atomic mass is 9.93. The summed E-state index contributed by atoms with van der Waals surface area (Å²) in [6, 6.07) is 3.48. The Morgan fingerprint density at radius 1 is 1.45 bits per heavy atom. The summed E-state index contributed by atoms with van der Waals surface area (Å²) in [5.41, 5.74) is -1.64. The highest BCUT2D eigenvalue weighted by molar-refractivity contribution is 6.31. The topological polar surface area (TPSA) is 126 Å². The number of furan rings is 1. The molecule has 3 aliphatic rings. The number of nitrogens with two attached hydrogens (primary N) is 1. The number of allylic oxidation sites excluding steroid dienone is 1. The van der Waals surface area contributed by atoms with Gasteiger partial charge in [0, 0.05) is 6.54 Å². The lowest BCUT2D eigenvalue weighted by Crippen LogP contribution is -2.51. The average molecular weight is 425 g/mol. The van der Waals surface area contributed by atoms with Gasteiger partial charge in [-0.25, -0.2) is 9.79 Å². The minimum absolute atomic E-state index is 0.0576. The summed E-state index contributed by atoms with van der Waals surface area (Å²) >= 11 is 0. The molecule has 0 saturated carbocycles. The van der Waals surface area contributed by atoms with E-state index >= 15 is 0 Å². The summed E-state index contributed by atoms with van der Waals surface area (Å²) in [7, 11) is 0. The molecule has 4 heterocycles. The number of carbonyl (C=O) groups excluding carboxylic acids is 1. The number of β-amino-alcohol motifs (C(OH)–C–C–N with tert-alkyl or cyclic N) is 1. The summed E-state index contributed by atoms with van der Waals surface area (Å²) in [5.74, 6) is 13.3. The zero-order chi connectivity index (χ0) is 22.3. The maximum atomic E-state index is 12.4. The van der Waals surface area contributed by atoms with Crippen LogP contribution in [0.25, 0.3) is 0 Å². The molecule has 1 aromatic heterocycles. The van der Waals surface area contributed by atoms with Crippen LogP contribution in [0.3, 0.4) is 0 Å². The lowest BCUT2D eigenvalue weighted by molar-refractivity contribution is -0.803. The molecule has 0 spiro atoms. The number of ether oxygens (including phenoxy) is 1. The number of amides is 1. The van der Waals surface area contributed by atoms with Gasteiger partial charge in [-0.1, -0.05) is 5.92 Å². The van der Waals surface area contributed by atoms with Gasteiger partial charge in [0.25, 0.3) is 11.7 Å². The maximum Gasteiger partial charge on any atom is 0.410 e. The van der Waals surface area contributed by atoms with Crippen molar-refractivity contribution in [1.29, 1.82) is 0 Å². The Balaban J connectivity index is 1.50. The summed E-state index contributed by atoms with van der Waals surface area (Å²) in [5, 5.41) is 15.3. The molecule has 1 amide bonds. The highest BCUT2D eigenvalue weighted by Gasteiger charge is 2.40. The summed E-state index contributed by atoms with van der Waals surface area (Å²) in [6.45, 7) is 5.97. The van der Waals surface area contributed by atoms with E-state index in [0.717, 1.165) is 0 Å². The van der Waals surface area contributed by atoms with Gasteiger partial charge in [-0.2, -0.15) is 4.99 Å². The van der Waals surface area contributed by atoms with Crippen molar-refractivity contribution in [2.45, 2.75) is 44.8 Å². The molecule has 0 radical (unpaired) electrons. The summed E-state index contributed by atoms with van der Waals surface area (Å²) in [6.07, 6.45) is 5.14. The predicted octanol–water partition coefficient (Wildman–Crippen LogP) is 1.73. The quantitative estimate of drug-likeness (QED) is 0.403. The number of likely N-dealkylation sites (tertiary alicyclic amines) is 1. The Morgan fingerprint density at radius 2 is 2.26 bits per heavy atom. The fourth-order valence-electron chi connectivity index (χ4n) is 3.36. The minimum Gasteiger partial charge on any atom is -0.461 e. The molecule has 10 nitrogen and oxygen atoms in total. The van der Waals surface area contributed by atoms with Crippen LogP contribution < -0.4 is 5.84 Å². The number of piperidine rings is 1. The molecule has 162 valence electrons. The number of carbonyl (C=O) groups is 1. The van der Waals surface area contributed by atoms with Crippen molar-refractivity contribution in [3.8, 4) is 11.8 Å². The normalized spacial score (nSPS) is 27.5. The van der Waals surface area contributed by atoms with Crippen LogP contribution in [0.2, 0.25) is 0 Å². The van der Waals surface area contributed by atoms with Gasteiger partial charge in [0.1, 0.15) is 17.4 Å². The fraction of sp³-hybridized carbons (Fsp3) is 0.429. The predicted molar refractivity (Wildman–Crippen MR) is 113 cm³/mol. The van der Waals surface area contributed by atoms with Gasteiger partial charge in [-0.3, -0.25) is 0 Å². The van der Waals surface area contributed by atoms with Crippen molar-refractivity contribution >= 4 is 24.0 Å². The minimum atomic E-state index is -1.37. The number of aliphatic imine (C=N–C) groups is 2. The standard InChI is InChI=1S/C21H25N6O4/c1-20(2,3)31-19(28)26-10-5-8-21(29,14-26)9-7-15-13-27(22)17(12-23-15)24-18(25-27)16-6-4-11-30-16/h4,6,11-13,29H,5,8,10,14,22H2,1-3H3/q+1. The fourth-order valence-corrected chi connectivity index (χ4v) is 3.36. The van der Waals surface area contributed by atoms with E-state index in [2.05, 4.69) is 26.9 Å². The third kappa shape index (κ3) is 4.59. The largest absolute Gasteiger partial charge is 0.461 e. The number of amidine groups is 2. The van der Waals surface area contributed by atoms with Gasteiger partial charge in [-0.05, 0) is 61.5 Å². The number of hydrogen-bond donors (Lipinski definition) is 2. The first-order chi connectivity index (χ1) is 14.6. The van der Waals surface area contributed by atoms with E-state index < -0.39 is 22.0 Å². The second kappa shape index (κ2) is 7.46. The average Bonchev–Trinajstić information content (AvgIpc) is 3.32. The molecule has 2 unspecified atom stereocenters. The Labute approximate surface area is 179 Å². The Bertz CT molecular complexity index is 1070. The van der Waals surface area contributed by atoms with Crippen molar-refractivity contribution < 1.29 is 23.8 Å². The third-order valence-corrected chi connectivity index (χ3v) is 4.77. The number of aliphatic hydroxyl groups is 1. The van der Waals surface area contributed by atoms with Gasteiger partial charge in [-0.15, -0.1) is 5.84 Å². The summed E-state index contributed by atoms with van der Waals surface area (Å²) < 4.78 is 10.3. The first-order valence-corrected chi connectivity index (χ1v) is 9.96. The van der Waals surface area contributed by atoms with Crippen LogP contribution in [0.5, 0.6) is 0 Å². The number of quaternary nitrogens is 1. The molecule has 0 aromatic carbocycles. The van der Waals surface area contributed by atoms with Crippen LogP contribution in [-0.2, 0) is 4.74 Å². The van der Waals surface area contributed by atoms with E-state index in [0.29, 0.717) is 42.5 Å². The molecule has 31 heavy (non-hydrogen) atoms. The lowest BCUT2D eigenvalue weighted by Gasteiger charge is -2.36.